The van der Waals surface area contributed by atoms with Crippen molar-refractivity contribution in [1.29, 1.82) is 0 Å². The van der Waals surface area contributed by atoms with E-state index < -0.39 is 52.8 Å². The largest absolute Gasteiger partial charge is 1.00 e. The van der Waals surface area contributed by atoms with Gasteiger partial charge in [-0.05, 0) is 322 Å². The Kier molecular flexibility index (Phi) is 36.3. The number of hydrogen-bond donors (Lipinski definition) is 1. The monoisotopic (exact) mass is 2210 g/mol. The fourth-order valence-electron chi connectivity index (χ4n) is 21.9. The van der Waals surface area contributed by atoms with Crippen LogP contribution in [0.4, 0.5) is 11.4 Å². The molecule has 764 valence electrons. The molecular formula is C122H139I2N4NaO17. The molecule has 2 unspecified atom stereocenters. The molecule has 0 aliphatic carbocycles. The molecule has 21 nitrogen and oxygen atoms in total. The first-order valence-corrected chi connectivity index (χ1v) is 52.5. The van der Waals surface area contributed by atoms with Crippen LogP contribution in [0.25, 0.3) is 109 Å². The van der Waals surface area contributed by atoms with Crippen molar-refractivity contribution >= 4 is 123 Å². The Morgan fingerprint density at radius 3 is 1.11 bits per heavy atom. The maximum Gasteiger partial charge on any atom is 1.00 e. The van der Waals surface area contributed by atoms with Crippen molar-refractivity contribution < 1.29 is 140 Å². The van der Waals surface area contributed by atoms with Crippen LogP contribution < -0.4 is 86.8 Å². The summed E-state index contributed by atoms with van der Waals surface area (Å²) in [6.07, 6.45) is 6.32. The number of carbonyl (C=O) groups excluding carboxylic acids is 3. The van der Waals surface area contributed by atoms with Gasteiger partial charge in [0.2, 0.25) is 5.52 Å². The first-order valence-electron chi connectivity index (χ1n) is 50.4. The smallest absolute Gasteiger partial charge is 1.00 e. The van der Waals surface area contributed by atoms with Gasteiger partial charge in [0.05, 0.1) is 96.5 Å². The molecule has 8 heterocycles. The van der Waals surface area contributed by atoms with Crippen LogP contribution in [-0.2, 0) is 72.2 Å². The van der Waals surface area contributed by atoms with Gasteiger partial charge in [-0.2, -0.15) is 0 Å². The molecule has 12 aromatic carbocycles. The number of hydrogen-bond acceptors (Lipinski definition) is 19. The number of aromatic nitrogens is 2. The Hall–Kier alpha value is -10.6. The summed E-state index contributed by atoms with van der Waals surface area (Å²) in [6.45, 7) is 42.7. The second kappa shape index (κ2) is 47.1. The normalized spacial score (nSPS) is 15.6. The molecular weight excluding hydrogens is 2070 g/mol. The van der Waals surface area contributed by atoms with Gasteiger partial charge in [-0.25, -0.2) is 23.7 Å². The molecule has 146 heavy (non-hydrogen) atoms. The van der Waals surface area contributed by atoms with Crippen molar-refractivity contribution in [2.45, 2.75) is 229 Å². The van der Waals surface area contributed by atoms with E-state index in [1.807, 2.05) is 171 Å². The first kappa shape index (κ1) is 113. The van der Waals surface area contributed by atoms with Gasteiger partial charge in [-0.1, -0.05) is 144 Å². The summed E-state index contributed by atoms with van der Waals surface area (Å²) in [5, 5.41) is 21.2. The van der Waals surface area contributed by atoms with Crippen LogP contribution in [0, 0.1) is 27.7 Å². The second-order valence-electron chi connectivity index (χ2n) is 42.0. The Labute approximate surface area is 912 Å². The number of nitrogens with zero attached hydrogens (tertiary/aromatic N) is 4. The summed E-state index contributed by atoms with van der Waals surface area (Å²) in [6, 6.07) is 62.7. The molecule has 24 heteroatoms. The Balaban J connectivity index is 0.000000161. The van der Waals surface area contributed by atoms with E-state index in [9.17, 15) is 24.3 Å². The molecule has 6 atom stereocenters. The fraction of sp³-hybridized carbons (Fsp3) is 0.393. The van der Waals surface area contributed by atoms with Crippen LogP contribution in [0.1, 0.15) is 233 Å². The van der Waals surface area contributed by atoms with E-state index in [0.717, 1.165) is 247 Å². The summed E-state index contributed by atoms with van der Waals surface area (Å²) >= 11 is 2.15. The average Bonchev–Trinajstić information content (AvgIpc) is 0.733. The molecule has 0 fully saturated rings. The minimum absolute atomic E-state index is 0. The fourth-order valence-corrected chi connectivity index (χ4v) is 21.9. The van der Waals surface area contributed by atoms with Crippen LogP contribution >= 0.6 is 22.6 Å². The van der Waals surface area contributed by atoms with Crippen LogP contribution in [0.2, 0.25) is 0 Å². The molecule has 0 bridgehead atoms. The predicted octanol–water partition coefficient (Wildman–Crippen LogP) is 21.1. The van der Waals surface area contributed by atoms with Gasteiger partial charge >= 0.3 is 53.4 Å². The number of esters is 3. The molecule has 0 saturated heterocycles. The molecule has 0 radical (unpaired) electrons. The molecule has 6 aliphatic heterocycles. The van der Waals surface area contributed by atoms with Crippen molar-refractivity contribution in [2.75, 3.05) is 88.2 Å². The van der Waals surface area contributed by atoms with Gasteiger partial charge in [0.1, 0.15) is 30.0 Å². The minimum Gasteiger partial charge on any atom is -1.00 e. The number of fused-ring (bicyclic) bond motifs is 4. The van der Waals surface area contributed by atoms with Gasteiger partial charge in [0.25, 0.3) is 0 Å². The summed E-state index contributed by atoms with van der Waals surface area (Å²) in [5.74, 6) is 2.57. The number of anilines is 2. The number of carboxylic acid groups (broad SMARTS) is 1. The Morgan fingerprint density at radius 2 is 0.740 bits per heavy atom. The van der Waals surface area contributed by atoms with E-state index in [1.165, 1.54) is 27.9 Å². The number of ether oxygens (including phenoxy) is 11. The summed E-state index contributed by atoms with van der Waals surface area (Å²) in [5.41, 5.74) is 22.4. The van der Waals surface area contributed by atoms with Gasteiger partial charge in [0, 0.05) is 113 Å². The van der Waals surface area contributed by atoms with E-state index in [1.54, 1.807) is 0 Å². The van der Waals surface area contributed by atoms with Crippen LogP contribution in [0.5, 0.6) is 23.0 Å². The van der Waals surface area contributed by atoms with Crippen molar-refractivity contribution in [3.8, 4) is 67.5 Å². The van der Waals surface area contributed by atoms with Crippen molar-refractivity contribution in [3.63, 3.8) is 0 Å². The maximum atomic E-state index is 13.4. The van der Waals surface area contributed by atoms with E-state index in [4.69, 9.17) is 57.1 Å². The molecule has 6 aliphatic rings. The summed E-state index contributed by atoms with van der Waals surface area (Å²) in [7, 11) is 6.35. The van der Waals surface area contributed by atoms with Crippen molar-refractivity contribution in [1.82, 2.24) is 4.98 Å². The zero-order valence-corrected chi connectivity index (χ0v) is 95.4. The van der Waals surface area contributed by atoms with E-state index in [2.05, 4.69) is 218 Å². The van der Waals surface area contributed by atoms with Gasteiger partial charge < -0.3 is 96.5 Å². The number of aryl methyl sites for hydroxylation is 5. The van der Waals surface area contributed by atoms with Crippen LogP contribution in [0.15, 0.2) is 194 Å². The van der Waals surface area contributed by atoms with Gasteiger partial charge in [-0.3, -0.25) is 4.98 Å². The van der Waals surface area contributed by atoms with Gasteiger partial charge in [0.15, 0.2) is 30.6 Å². The second-order valence-corrected chi connectivity index (χ2v) is 42.0. The minimum atomic E-state index is -1.08. The molecule has 0 spiro atoms. The number of carbonyl (C=O) groups is 4. The summed E-state index contributed by atoms with van der Waals surface area (Å²) in [4.78, 5) is 64.2. The predicted molar refractivity (Wildman–Crippen MR) is 584 cm³/mol. The standard InChI is InChI=1S/C31H37NO4.C31H34NO4.C30H31NO4.C29H33NO4.CH3I.HI.Na.H2O/c2*1-7-34-30(33)29(36-31(3,4)5)25-19(2)18-21-10-8-9-11-22(21)27(25)23-12-13-24-26-20(15-17-35-24)14-16-32(6)28(23)26;1-6-33-29(32)28(35-30(3,4)5)24-18(2)17-20-9-7-8-10-21(20)26(24)22-11-12-23-25-19(14-16-34-23)13-15-31-27(22)25;1-17-16-19-8-6-7-9-20(19)25(23(17)27(28(31)32)34-29(2,3)4)21-10-11-22-24-18(13-15-33-22)12-14-30(5)26(21)24;1-2;;;/h8-13,18,20,29H,7,14-17H2,1-6H3;8-14,16,18,29H,7,15,17H2,1-6H3;7-13,15,17,28H,6,14,16H2,1-5H3;6-11,16,18,27H,12-15H2,1-5H3,(H,31,32);1H3;1H;;1H2/q;+1;;;;;+1;/p-2/t20?,29-;29-;28-;18?,27-;;;;/m0000..../s1. The molecule has 0 saturated carbocycles. The number of benzene rings is 12. The number of pyridine rings is 2. The zero-order valence-electron chi connectivity index (χ0n) is 89.1. The quantitative estimate of drug-likeness (QED) is 0.0197. The van der Waals surface area contributed by atoms with Gasteiger partial charge in [-0.15, -0.1) is 0 Å². The molecule has 14 aromatic rings. The third-order valence-corrected chi connectivity index (χ3v) is 27.4. The number of rotatable bonds is 19. The third-order valence-electron chi connectivity index (χ3n) is 27.4. The SMILES string of the molecule is CCOC(=O)[C@@H](OC(C)(C)C)c1c(C)cc2ccccc2c1-c1ccc2c3c(cc[n+](C)c13)CCO2.CCOC(=O)[C@@H](OC(C)(C)C)c1c(C)cc2ccccc2c1-c1ccc2c3c(ccnc13)CCO2.CCOC(=O)[C@@H](OC(C)(C)C)c1c(C)cc2ccccc2c1-c1ccc2c3c1N(C)CCC3CCO2.CI.Cc1cc2ccccc2c(-c2ccc3c4c2N(C)CCC4CCO3)c1[C@H](OC(C)(C)C)C(=O)O.[I-].[Na+].[OH-]. The summed E-state index contributed by atoms with van der Waals surface area (Å²) < 4.78 is 68.5. The van der Waals surface area contributed by atoms with Crippen LogP contribution in [0.3, 0.4) is 0 Å². The van der Waals surface area contributed by atoms with E-state index >= 15 is 0 Å². The molecule has 20 rings (SSSR count). The topological polar surface area (TPSA) is 243 Å². The number of halogens is 2. The van der Waals surface area contributed by atoms with E-state index in [0.29, 0.717) is 31.7 Å². The number of alkyl halides is 1. The van der Waals surface area contributed by atoms with Crippen molar-refractivity contribution in [3.05, 3.63) is 261 Å². The molecule has 2 aromatic heterocycles. The van der Waals surface area contributed by atoms with Crippen molar-refractivity contribution in [2.24, 2.45) is 7.05 Å². The van der Waals surface area contributed by atoms with Crippen LogP contribution in [-0.4, -0.2) is 140 Å². The van der Waals surface area contributed by atoms with E-state index in [-0.39, 0.29) is 90.1 Å². The molecule has 2 N–H and O–H groups in total. The average molecular weight is 2210 g/mol. The third kappa shape index (κ3) is 23.5. The Bertz CT molecular complexity index is 7200. The Morgan fingerprint density at radius 1 is 0.425 bits per heavy atom. The first-order chi connectivity index (χ1) is 68.3. The maximum absolute atomic E-state index is 13.4. The zero-order chi connectivity index (χ0) is 102. The number of carboxylic acids is 1. The number of aliphatic carboxylic acids is 1. The molecule has 0 amide bonds.